The summed E-state index contributed by atoms with van der Waals surface area (Å²) < 4.78 is 19.7. The number of ether oxygens (including phenoxy) is 1. The van der Waals surface area contributed by atoms with Gasteiger partial charge in [0.25, 0.3) is 11.5 Å². The van der Waals surface area contributed by atoms with Gasteiger partial charge in [-0.25, -0.2) is 9.18 Å². The smallest absolute Gasteiger partial charge is 0.349 e. The topological polar surface area (TPSA) is 126 Å². The van der Waals surface area contributed by atoms with Gasteiger partial charge in [0.05, 0.1) is 21.4 Å². The fourth-order valence-corrected chi connectivity index (χ4v) is 3.45. The van der Waals surface area contributed by atoms with Crippen molar-refractivity contribution in [2.45, 2.75) is 0 Å². The Bertz CT molecular complexity index is 1500. The van der Waals surface area contributed by atoms with Gasteiger partial charge >= 0.3 is 5.69 Å². The van der Waals surface area contributed by atoms with Crippen molar-refractivity contribution in [1.82, 2.24) is 14.8 Å². The fraction of sp³-hybridized carbons (Fsp3) is 0. The number of anilines is 1. The van der Waals surface area contributed by atoms with Crippen LogP contribution in [-0.4, -0.2) is 25.8 Å². The number of hydrogen-bond donors (Lipinski definition) is 3. The minimum Gasteiger partial charge on any atom is -0.506 e. The van der Waals surface area contributed by atoms with E-state index in [0.717, 1.165) is 23.0 Å². The van der Waals surface area contributed by atoms with Crippen molar-refractivity contribution in [3.05, 3.63) is 103 Å². The number of rotatable bonds is 5. The molecule has 0 aliphatic rings. The van der Waals surface area contributed by atoms with E-state index in [1.807, 2.05) is 0 Å². The summed E-state index contributed by atoms with van der Waals surface area (Å²) in [5.74, 6) is -1.10. The third-order valence-corrected chi connectivity index (χ3v) is 5.04. The summed E-state index contributed by atoms with van der Waals surface area (Å²) in [6.45, 7) is 0. The van der Waals surface area contributed by atoms with Crippen molar-refractivity contribution in [3.8, 4) is 22.9 Å². The number of aromatic nitrogens is 3. The van der Waals surface area contributed by atoms with E-state index >= 15 is 0 Å². The Morgan fingerprint density at radius 3 is 2.38 bits per heavy atom. The largest absolute Gasteiger partial charge is 0.506 e. The van der Waals surface area contributed by atoms with E-state index < -0.39 is 23.0 Å². The molecule has 3 aromatic carbocycles. The predicted octanol–water partition coefficient (Wildman–Crippen LogP) is 4.12. The van der Waals surface area contributed by atoms with Crippen LogP contribution in [0.25, 0.3) is 5.69 Å². The Hall–Kier alpha value is -4.15. The summed E-state index contributed by atoms with van der Waals surface area (Å²) in [6.07, 6.45) is 0.922. The molecule has 0 bridgehead atoms. The zero-order valence-electron chi connectivity index (χ0n) is 16.9. The second kappa shape index (κ2) is 9.38. The first-order valence-electron chi connectivity index (χ1n) is 9.47. The highest BCUT2D eigenvalue weighted by molar-refractivity contribution is 6.37. The minimum atomic E-state index is -0.784. The SMILES string of the molecule is O=C(Nc1cc(Oc2c(Cl)cc(-n3ncc(=O)[nH]c3=O)cc2Cl)ccc1O)c1ccc(F)cc1. The molecule has 12 heteroatoms. The molecule has 0 saturated carbocycles. The molecule has 1 heterocycles. The summed E-state index contributed by atoms with van der Waals surface area (Å²) in [5, 5.41) is 16.4. The van der Waals surface area contributed by atoms with E-state index in [1.54, 1.807) is 0 Å². The Labute approximate surface area is 200 Å². The van der Waals surface area contributed by atoms with E-state index in [2.05, 4.69) is 15.4 Å². The van der Waals surface area contributed by atoms with Crippen LogP contribution in [0.4, 0.5) is 10.1 Å². The standard InChI is InChI=1S/C22H13Cl2FN4O5/c23-15-7-13(29-22(33)28-19(31)10-26-29)8-16(24)20(15)34-14-5-6-18(30)17(9-14)27-21(32)11-1-3-12(25)4-2-11/h1-10,30H,(H,27,32)(H,28,31,33). The molecular formula is C22H13Cl2FN4O5. The molecule has 0 spiro atoms. The number of phenolic OH excluding ortho intramolecular Hbond substituents is 1. The number of hydrogen-bond acceptors (Lipinski definition) is 6. The lowest BCUT2D eigenvalue weighted by atomic mass is 10.2. The number of aromatic amines is 1. The number of phenols is 1. The second-order valence-electron chi connectivity index (χ2n) is 6.83. The average molecular weight is 503 g/mol. The van der Waals surface area contributed by atoms with Crippen LogP contribution in [0.1, 0.15) is 10.4 Å². The molecule has 0 atom stereocenters. The molecule has 9 nitrogen and oxygen atoms in total. The average Bonchev–Trinajstić information content (AvgIpc) is 2.78. The first-order valence-corrected chi connectivity index (χ1v) is 10.2. The van der Waals surface area contributed by atoms with Gasteiger partial charge in [-0.3, -0.25) is 14.6 Å². The molecule has 34 heavy (non-hydrogen) atoms. The van der Waals surface area contributed by atoms with Crippen LogP contribution in [0, 0.1) is 5.82 Å². The predicted molar refractivity (Wildman–Crippen MR) is 123 cm³/mol. The van der Waals surface area contributed by atoms with Gasteiger partial charge < -0.3 is 15.2 Å². The van der Waals surface area contributed by atoms with Gasteiger partial charge in [-0.1, -0.05) is 23.2 Å². The lowest BCUT2D eigenvalue weighted by Crippen LogP contribution is -2.30. The number of carbonyl (C=O) groups is 1. The van der Waals surface area contributed by atoms with Crippen molar-refractivity contribution in [1.29, 1.82) is 0 Å². The highest BCUT2D eigenvalue weighted by Gasteiger charge is 2.16. The molecule has 0 fully saturated rings. The molecule has 0 aliphatic carbocycles. The number of nitrogens with zero attached hydrogens (tertiary/aromatic N) is 2. The molecule has 0 unspecified atom stereocenters. The highest BCUT2D eigenvalue weighted by atomic mass is 35.5. The molecular weight excluding hydrogens is 490 g/mol. The van der Waals surface area contributed by atoms with Crippen molar-refractivity contribution in [2.75, 3.05) is 5.32 Å². The number of aromatic hydroxyl groups is 1. The van der Waals surface area contributed by atoms with Crippen LogP contribution in [0.2, 0.25) is 10.0 Å². The molecule has 3 N–H and O–H groups in total. The summed E-state index contributed by atoms with van der Waals surface area (Å²) in [4.78, 5) is 37.6. The van der Waals surface area contributed by atoms with E-state index in [-0.39, 0.29) is 44.2 Å². The summed E-state index contributed by atoms with van der Waals surface area (Å²) >= 11 is 12.6. The maximum Gasteiger partial charge on any atom is 0.349 e. The van der Waals surface area contributed by atoms with Crippen molar-refractivity contribution in [3.63, 3.8) is 0 Å². The maximum atomic E-state index is 13.1. The summed E-state index contributed by atoms with van der Waals surface area (Å²) in [5.41, 5.74) is -1.05. The lowest BCUT2D eigenvalue weighted by molar-refractivity contribution is 0.102. The number of nitrogens with one attached hydrogen (secondary N) is 2. The van der Waals surface area contributed by atoms with Crippen LogP contribution >= 0.6 is 23.2 Å². The molecule has 0 saturated heterocycles. The van der Waals surface area contributed by atoms with E-state index in [0.29, 0.717) is 0 Å². The van der Waals surface area contributed by atoms with Gasteiger partial charge in [-0.2, -0.15) is 9.78 Å². The van der Waals surface area contributed by atoms with E-state index in [9.17, 15) is 23.9 Å². The summed E-state index contributed by atoms with van der Waals surface area (Å²) in [6, 6.07) is 11.6. The fourth-order valence-electron chi connectivity index (χ4n) is 2.90. The van der Waals surface area contributed by atoms with Gasteiger partial charge in [0.15, 0.2) is 5.75 Å². The first kappa shape index (κ1) is 23.0. The van der Waals surface area contributed by atoms with E-state index in [1.165, 1.54) is 42.5 Å². The van der Waals surface area contributed by atoms with Gasteiger partial charge in [-0.05, 0) is 48.5 Å². The maximum absolute atomic E-state index is 13.1. The number of amides is 1. The quantitative estimate of drug-likeness (QED) is 0.352. The third kappa shape index (κ3) is 4.92. The zero-order chi connectivity index (χ0) is 24.4. The Morgan fingerprint density at radius 2 is 1.74 bits per heavy atom. The third-order valence-electron chi connectivity index (χ3n) is 4.48. The number of carbonyl (C=O) groups excluding carboxylic acids is 1. The minimum absolute atomic E-state index is 0.0207. The lowest BCUT2D eigenvalue weighted by Gasteiger charge is -2.14. The van der Waals surface area contributed by atoms with Crippen LogP contribution in [0.15, 0.2) is 70.4 Å². The monoisotopic (exact) mass is 502 g/mol. The van der Waals surface area contributed by atoms with E-state index in [4.69, 9.17) is 27.9 Å². The van der Waals surface area contributed by atoms with Crippen LogP contribution < -0.4 is 21.3 Å². The van der Waals surface area contributed by atoms with Crippen molar-refractivity contribution < 1.29 is 19.0 Å². The number of H-pyrrole nitrogens is 1. The Morgan fingerprint density at radius 1 is 1.06 bits per heavy atom. The van der Waals surface area contributed by atoms with Crippen molar-refractivity contribution >= 4 is 34.8 Å². The second-order valence-corrected chi connectivity index (χ2v) is 7.65. The molecule has 1 aromatic heterocycles. The number of halogens is 3. The van der Waals surface area contributed by atoms with Crippen molar-refractivity contribution in [2.24, 2.45) is 0 Å². The Balaban J connectivity index is 1.60. The molecule has 4 aromatic rings. The molecule has 1 amide bonds. The van der Waals surface area contributed by atoms with Crippen LogP contribution in [0.5, 0.6) is 17.2 Å². The number of benzene rings is 3. The highest BCUT2D eigenvalue weighted by Crippen LogP contribution is 2.39. The molecule has 0 aliphatic heterocycles. The van der Waals surface area contributed by atoms with Gasteiger partial charge in [0, 0.05) is 11.6 Å². The van der Waals surface area contributed by atoms with Gasteiger partial charge in [0.1, 0.15) is 23.5 Å². The van der Waals surface area contributed by atoms with Gasteiger partial charge in [-0.15, -0.1) is 0 Å². The molecule has 4 rings (SSSR count). The zero-order valence-corrected chi connectivity index (χ0v) is 18.4. The van der Waals surface area contributed by atoms with Crippen LogP contribution in [-0.2, 0) is 0 Å². The Kier molecular flexibility index (Phi) is 6.35. The molecule has 0 radical (unpaired) electrons. The first-order chi connectivity index (χ1) is 16.2. The van der Waals surface area contributed by atoms with Gasteiger partial charge in [0.2, 0.25) is 0 Å². The summed E-state index contributed by atoms with van der Waals surface area (Å²) in [7, 11) is 0. The molecule has 172 valence electrons. The van der Waals surface area contributed by atoms with Crippen LogP contribution in [0.3, 0.4) is 0 Å². The normalized spacial score (nSPS) is 10.7.